The molecule has 3 nitrogen and oxygen atoms in total. The van der Waals surface area contributed by atoms with Crippen LogP contribution in [0.15, 0.2) is 18.2 Å². The number of nitrogen functional groups attached to an aromatic ring is 1. The molecule has 0 fully saturated rings. The van der Waals surface area contributed by atoms with Crippen LogP contribution in [-0.4, -0.2) is 11.7 Å². The van der Waals surface area contributed by atoms with Crippen molar-refractivity contribution in [2.45, 2.75) is 12.2 Å². The number of alkyl halides is 3. The highest BCUT2D eigenvalue weighted by molar-refractivity contribution is 5.50. The number of halogens is 3. The molecule has 15 heavy (non-hydrogen) atoms. The van der Waals surface area contributed by atoms with Crippen LogP contribution in [0.25, 0.3) is 0 Å². The van der Waals surface area contributed by atoms with Crippen LogP contribution in [-0.2, 0) is 6.18 Å². The van der Waals surface area contributed by atoms with Crippen LogP contribution < -0.4 is 11.5 Å². The van der Waals surface area contributed by atoms with Gasteiger partial charge in [-0.1, -0.05) is 6.07 Å². The second kappa shape index (κ2) is 4.08. The van der Waals surface area contributed by atoms with Gasteiger partial charge in [0.05, 0.1) is 18.2 Å². The minimum atomic E-state index is -4.50. The molecule has 5 N–H and O–H groups in total. The number of rotatable bonds is 2. The predicted molar refractivity (Wildman–Crippen MR) is 49.9 cm³/mol. The normalized spacial score (nSPS) is 13.9. The number of nitrogens with two attached hydrogens (primary N) is 2. The molecule has 1 aromatic rings. The Kier molecular flexibility index (Phi) is 3.21. The summed E-state index contributed by atoms with van der Waals surface area (Å²) in [5.41, 5.74) is 9.52. The topological polar surface area (TPSA) is 72.3 Å². The maximum atomic E-state index is 12.4. The van der Waals surface area contributed by atoms with E-state index in [1.54, 1.807) is 0 Å². The number of hydrogen-bond acceptors (Lipinski definition) is 3. The number of hydrogen-bond donors (Lipinski definition) is 3. The Balaban J connectivity index is 3.17. The summed E-state index contributed by atoms with van der Waals surface area (Å²) in [4.78, 5) is 0. The van der Waals surface area contributed by atoms with E-state index in [2.05, 4.69) is 0 Å². The van der Waals surface area contributed by atoms with Gasteiger partial charge < -0.3 is 16.6 Å². The number of aliphatic hydroxyl groups excluding tert-OH is 1. The van der Waals surface area contributed by atoms with Gasteiger partial charge in [0.25, 0.3) is 0 Å². The Bertz CT molecular complexity index is 352. The van der Waals surface area contributed by atoms with Gasteiger partial charge in [0.1, 0.15) is 0 Å². The van der Waals surface area contributed by atoms with Crippen LogP contribution in [0.2, 0.25) is 0 Å². The van der Waals surface area contributed by atoms with Gasteiger partial charge in [-0.3, -0.25) is 0 Å². The van der Waals surface area contributed by atoms with Crippen molar-refractivity contribution in [3.8, 4) is 0 Å². The van der Waals surface area contributed by atoms with Crippen LogP contribution in [0.1, 0.15) is 17.2 Å². The first-order valence-electron chi connectivity index (χ1n) is 4.19. The Morgan fingerprint density at radius 3 is 2.40 bits per heavy atom. The van der Waals surface area contributed by atoms with Gasteiger partial charge in [0, 0.05) is 5.69 Å². The second-order valence-corrected chi connectivity index (χ2v) is 3.13. The Hall–Kier alpha value is -1.27. The lowest BCUT2D eigenvalue weighted by Crippen LogP contribution is -2.16. The third-order valence-corrected chi connectivity index (χ3v) is 2.01. The second-order valence-electron chi connectivity index (χ2n) is 3.13. The monoisotopic (exact) mass is 220 g/mol. The number of aliphatic hydroxyl groups is 1. The van der Waals surface area contributed by atoms with E-state index in [4.69, 9.17) is 16.6 Å². The molecule has 0 radical (unpaired) electrons. The van der Waals surface area contributed by atoms with Crippen molar-refractivity contribution in [1.82, 2.24) is 0 Å². The summed E-state index contributed by atoms with van der Waals surface area (Å²) < 4.78 is 37.2. The minimum absolute atomic E-state index is 0.207. The van der Waals surface area contributed by atoms with Gasteiger partial charge in [-0.25, -0.2) is 0 Å². The van der Waals surface area contributed by atoms with E-state index in [-0.39, 0.29) is 11.3 Å². The summed E-state index contributed by atoms with van der Waals surface area (Å²) >= 11 is 0. The molecule has 0 aliphatic heterocycles. The highest BCUT2D eigenvalue weighted by atomic mass is 19.4. The van der Waals surface area contributed by atoms with Crippen LogP contribution >= 0.6 is 0 Å². The van der Waals surface area contributed by atoms with Crippen molar-refractivity contribution in [3.63, 3.8) is 0 Å². The summed E-state index contributed by atoms with van der Waals surface area (Å²) in [6, 6.07) is 2.53. The van der Waals surface area contributed by atoms with E-state index in [1.807, 2.05) is 0 Å². The quantitative estimate of drug-likeness (QED) is 0.657. The Labute approximate surface area is 84.5 Å². The van der Waals surface area contributed by atoms with Gasteiger partial charge in [-0.2, -0.15) is 13.2 Å². The van der Waals surface area contributed by atoms with Crippen molar-refractivity contribution >= 4 is 5.69 Å². The summed E-state index contributed by atoms with van der Waals surface area (Å²) in [7, 11) is 0. The highest BCUT2D eigenvalue weighted by Crippen LogP contribution is 2.34. The fourth-order valence-electron chi connectivity index (χ4n) is 1.16. The summed E-state index contributed by atoms with van der Waals surface area (Å²) in [5.74, 6) is 0. The molecule has 0 spiro atoms. The first-order valence-corrected chi connectivity index (χ1v) is 4.19. The van der Waals surface area contributed by atoms with Crippen molar-refractivity contribution in [2.75, 3.05) is 12.3 Å². The van der Waals surface area contributed by atoms with E-state index in [1.165, 1.54) is 6.07 Å². The predicted octanol–water partition coefficient (Wildman–Crippen LogP) is 1.28. The van der Waals surface area contributed by atoms with Crippen molar-refractivity contribution < 1.29 is 18.3 Å². The van der Waals surface area contributed by atoms with E-state index in [0.29, 0.717) is 0 Å². The fraction of sp³-hybridized carbons (Fsp3) is 0.333. The van der Waals surface area contributed by atoms with E-state index in [9.17, 15) is 13.2 Å². The van der Waals surface area contributed by atoms with Crippen LogP contribution in [0.5, 0.6) is 0 Å². The number of anilines is 1. The lowest BCUT2D eigenvalue weighted by molar-refractivity contribution is -0.137. The molecule has 0 saturated carbocycles. The Morgan fingerprint density at radius 1 is 1.33 bits per heavy atom. The SMILES string of the molecule is Nc1ccc([C@H](N)CO)cc1C(F)(F)F. The molecule has 0 saturated heterocycles. The van der Waals surface area contributed by atoms with Crippen molar-refractivity contribution in [1.29, 1.82) is 0 Å². The molecule has 0 aliphatic rings. The molecule has 1 aromatic carbocycles. The third kappa shape index (κ3) is 2.60. The highest BCUT2D eigenvalue weighted by Gasteiger charge is 2.33. The lowest BCUT2D eigenvalue weighted by atomic mass is 10.0. The zero-order valence-electron chi connectivity index (χ0n) is 7.75. The molecule has 84 valence electrons. The van der Waals surface area contributed by atoms with Crippen LogP contribution in [0.4, 0.5) is 18.9 Å². The largest absolute Gasteiger partial charge is 0.418 e. The molecule has 0 aromatic heterocycles. The van der Waals surface area contributed by atoms with Gasteiger partial charge in [-0.15, -0.1) is 0 Å². The van der Waals surface area contributed by atoms with Gasteiger partial charge in [0.2, 0.25) is 0 Å². The van der Waals surface area contributed by atoms with E-state index < -0.39 is 24.4 Å². The zero-order chi connectivity index (χ0) is 11.6. The van der Waals surface area contributed by atoms with Crippen LogP contribution in [0, 0.1) is 0 Å². The number of benzene rings is 1. The van der Waals surface area contributed by atoms with Gasteiger partial charge in [-0.05, 0) is 17.7 Å². The maximum Gasteiger partial charge on any atom is 0.418 e. The molecule has 0 heterocycles. The minimum Gasteiger partial charge on any atom is -0.398 e. The standard InChI is InChI=1S/C9H11F3N2O/c10-9(11,12)6-3-5(8(14)4-15)1-2-7(6)13/h1-3,8,15H,4,13-14H2/t8-/m1/s1. The molecular weight excluding hydrogens is 209 g/mol. The molecule has 0 aliphatic carbocycles. The van der Waals surface area contributed by atoms with Gasteiger partial charge in [0.15, 0.2) is 0 Å². The molecule has 1 atom stereocenters. The summed E-state index contributed by atoms with van der Waals surface area (Å²) in [6.45, 7) is -0.415. The van der Waals surface area contributed by atoms with Crippen LogP contribution in [0.3, 0.4) is 0 Å². The molecule has 0 bridgehead atoms. The Morgan fingerprint density at radius 2 is 1.93 bits per heavy atom. The third-order valence-electron chi connectivity index (χ3n) is 2.01. The smallest absolute Gasteiger partial charge is 0.398 e. The average Bonchev–Trinajstić information content (AvgIpc) is 2.15. The first-order chi connectivity index (χ1) is 6.86. The summed E-state index contributed by atoms with van der Waals surface area (Å²) in [5, 5.41) is 8.71. The van der Waals surface area contributed by atoms with E-state index >= 15 is 0 Å². The van der Waals surface area contributed by atoms with Crippen molar-refractivity contribution in [2.24, 2.45) is 5.73 Å². The maximum absolute atomic E-state index is 12.4. The lowest BCUT2D eigenvalue weighted by Gasteiger charge is -2.14. The van der Waals surface area contributed by atoms with Gasteiger partial charge >= 0.3 is 6.18 Å². The van der Waals surface area contributed by atoms with E-state index in [0.717, 1.165) is 12.1 Å². The molecule has 0 unspecified atom stereocenters. The molecular formula is C9H11F3N2O. The average molecular weight is 220 g/mol. The molecule has 0 amide bonds. The molecule has 1 rings (SSSR count). The molecule has 6 heteroatoms. The first kappa shape index (κ1) is 11.8. The zero-order valence-corrected chi connectivity index (χ0v) is 7.75. The summed E-state index contributed by atoms with van der Waals surface area (Å²) in [6.07, 6.45) is -4.50. The van der Waals surface area contributed by atoms with Crippen molar-refractivity contribution in [3.05, 3.63) is 29.3 Å². The fourth-order valence-corrected chi connectivity index (χ4v) is 1.16.